The van der Waals surface area contributed by atoms with E-state index in [2.05, 4.69) is 10.3 Å². The van der Waals surface area contributed by atoms with Crippen molar-refractivity contribution in [2.75, 3.05) is 39.2 Å². The van der Waals surface area contributed by atoms with Gasteiger partial charge in [-0.3, -0.25) is 14.5 Å². The smallest absolute Gasteiger partial charge is 0.317 e. The zero-order valence-electron chi connectivity index (χ0n) is 15.5. The first-order chi connectivity index (χ1) is 13.0. The van der Waals surface area contributed by atoms with Crippen molar-refractivity contribution in [3.05, 3.63) is 23.6 Å². The summed E-state index contributed by atoms with van der Waals surface area (Å²) in [6.45, 7) is 2.29. The first kappa shape index (κ1) is 20.7. The molecule has 0 radical (unpaired) electrons. The van der Waals surface area contributed by atoms with E-state index in [9.17, 15) is 9.59 Å². The van der Waals surface area contributed by atoms with Crippen LogP contribution in [-0.4, -0.2) is 60.7 Å². The molecule has 27 heavy (non-hydrogen) atoms. The van der Waals surface area contributed by atoms with Crippen LogP contribution in [0.25, 0.3) is 11.3 Å². The zero-order chi connectivity index (χ0) is 19.8. The molecule has 0 aliphatic carbocycles. The van der Waals surface area contributed by atoms with Crippen molar-refractivity contribution < 1.29 is 24.2 Å². The second-order valence-electron chi connectivity index (χ2n) is 5.76. The van der Waals surface area contributed by atoms with Crippen molar-refractivity contribution in [3.8, 4) is 22.8 Å². The number of ether oxygens (including phenoxy) is 2. The maximum Gasteiger partial charge on any atom is 0.317 e. The third-order valence-corrected chi connectivity index (χ3v) is 4.46. The fourth-order valence-corrected chi connectivity index (χ4v) is 3.28. The number of aliphatic carboxylic acids is 1. The third-order valence-electron chi connectivity index (χ3n) is 3.70. The highest BCUT2D eigenvalue weighted by molar-refractivity contribution is 7.14. The molecule has 0 saturated carbocycles. The van der Waals surface area contributed by atoms with Crippen LogP contribution >= 0.6 is 11.3 Å². The van der Waals surface area contributed by atoms with Gasteiger partial charge in [-0.25, -0.2) is 4.98 Å². The Bertz CT molecular complexity index is 793. The van der Waals surface area contributed by atoms with Gasteiger partial charge in [0.2, 0.25) is 5.91 Å². The number of rotatable bonds is 10. The zero-order valence-corrected chi connectivity index (χ0v) is 16.3. The van der Waals surface area contributed by atoms with Gasteiger partial charge < -0.3 is 19.9 Å². The summed E-state index contributed by atoms with van der Waals surface area (Å²) in [5.41, 5.74) is 1.46. The Morgan fingerprint density at radius 2 is 2.04 bits per heavy atom. The van der Waals surface area contributed by atoms with Gasteiger partial charge in [0.25, 0.3) is 0 Å². The number of carbonyl (C=O) groups excluding carboxylic acids is 1. The minimum atomic E-state index is -0.959. The molecule has 1 aromatic carbocycles. The van der Waals surface area contributed by atoms with Crippen LogP contribution in [0.2, 0.25) is 0 Å². The lowest BCUT2D eigenvalue weighted by atomic mass is 10.1. The Morgan fingerprint density at radius 3 is 2.67 bits per heavy atom. The Kier molecular flexibility index (Phi) is 7.56. The number of anilines is 1. The highest BCUT2D eigenvalue weighted by Gasteiger charge is 2.16. The van der Waals surface area contributed by atoms with Crippen LogP contribution in [0.1, 0.15) is 13.3 Å². The number of carboxylic acid groups (broad SMARTS) is 1. The van der Waals surface area contributed by atoms with E-state index in [1.54, 1.807) is 25.2 Å². The summed E-state index contributed by atoms with van der Waals surface area (Å²) in [6.07, 6.45) is 0.763. The molecular weight excluding hydrogens is 370 g/mol. The minimum absolute atomic E-state index is 0.000903. The molecular formula is C18H23N3O5S. The summed E-state index contributed by atoms with van der Waals surface area (Å²) in [7, 11) is 3.15. The van der Waals surface area contributed by atoms with Crippen molar-refractivity contribution in [2.24, 2.45) is 0 Å². The summed E-state index contributed by atoms with van der Waals surface area (Å²) < 4.78 is 10.6. The van der Waals surface area contributed by atoms with E-state index in [-0.39, 0.29) is 19.0 Å². The monoisotopic (exact) mass is 393 g/mol. The van der Waals surface area contributed by atoms with Gasteiger partial charge >= 0.3 is 5.97 Å². The molecule has 0 bridgehead atoms. The van der Waals surface area contributed by atoms with Crippen molar-refractivity contribution in [1.82, 2.24) is 9.88 Å². The Labute approximate surface area is 161 Å². The number of aromatic nitrogens is 1. The number of hydrogen-bond donors (Lipinski definition) is 2. The summed E-state index contributed by atoms with van der Waals surface area (Å²) in [5.74, 6) is 0.0357. The second-order valence-corrected chi connectivity index (χ2v) is 6.61. The van der Waals surface area contributed by atoms with Crippen molar-refractivity contribution in [1.29, 1.82) is 0 Å². The second kappa shape index (κ2) is 9.89. The molecule has 0 unspecified atom stereocenters. The van der Waals surface area contributed by atoms with E-state index in [0.29, 0.717) is 28.9 Å². The molecule has 1 aromatic heterocycles. The van der Waals surface area contributed by atoms with Crippen LogP contribution in [-0.2, 0) is 9.59 Å². The maximum absolute atomic E-state index is 12.2. The van der Waals surface area contributed by atoms with Gasteiger partial charge in [-0.05, 0) is 25.1 Å². The first-order valence-electron chi connectivity index (χ1n) is 8.38. The quantitative estimate of drug-likeness (QED) is 0.640. The number of thiazole rings is 1. The van der Waals surface area contributed by atoms with Crippen molar-refractivity contribution in [3.63, 3.8) is 0 Å². The summed E-state index contributed by atoms with van der Waals surface area (Å²) in [6, 6.07) is 5.42. The van der Waals surface area contributed by atoms with E-state index < -0.39 is 5.97 Å². The Hall–Kier alpha value is -2.65. The molecule has 9 heteroatoms. The maximum atomic E-state index is 12.2. The molecule has 1 amide bonds. The van der Waals surface area contributed by atoms with Crippen LogP contribution in [0.15, 0.2) is 23.6 Å². The number of methoxy groups -OCH3 is 2. The molecule has 2 N–H and O–H groups in total. The molecule has 0 aliphatic heterocycles. The van der Waals surface area contributed by atoms with Crippen LogP contribution < -0.4 is 14.8 Å². The SMILES string of the molecule is CCCN(CC(=O)O)CC(=O)Nc1nc(-c2ccc(OC)cc2OC)cs1. The van der Waals surface area contributed by atoms with Crippen LogP contribution in [0.4, 0.5) is 5.13 Å². The van der Waals surface area contributed by atoms with Gasteiger partial charge in [-0.15, -0.1) is 11.3 Å². The molecule has 146 valence electrons. The standard InChI is InChI=1S/C18H23N3O5S/c1-4-7-21(10-17(23)24)9-16(22)20-18-19-14(11-27-18)13-6-5-12(25-2)8-15(13)26-3/h5-6,8,11H,4,7,9-10H2,1-3H3,(H,23,24)(H,19,20,22). The van der Waals surface area contributed by atoms with Gasteiger partial charge in [0, 0.05) is 17.0 Å². The van der Waals surface area contributed by atoms with Gasteiger partial charge in [-0.1, -0.05) is 6.92 Å². The topological polar surface area (TPSA) is 101 Å². The molecule has 2 rings (SSSR count). The van der Waals surface area contributed by atoms with E-state index in [0.717, 1.165) is 12.0 Å². The Balaban J connectivity index is 2.07. The van der Waals surface area contributed by atoms with Gasteiger partial charge in [-0.2, -0.15) is 0 Å². The van der Waals surface area contributed by atoms with Crippen LogP contribution in [0.3, 0.4) is 0 Å². The number of hydrogen-bond acceptors (Lipinski definition) is 7. The molecule has 0 atom stereocenters. The average molecular weight is 393 g/mol. The summed E-state index contributed by atoms with van der Waals surface area (Å²) in [4.78, 5) is 29.1. The predicted octanol–water partition coefficient (Wildman–Crippen LogP) is 2.56. The lowest BCUT2D eigenvalue weighted by molar-refractivity contribution is -0.138. The highest BCUT2D eigenvalue weighted by Crippen LogP contribution is 2.34. The van der Waals surface area contributed by atoms with Crippen LogP contribution in [0.5, 0.6) is 11.5 Å². The molecule has 0 spiro atoms. The predicted molar refractivity (Wildman–Crippen MR) is 104 cm³/mol. The largest absolute Gasteiger partial charge is 0.497 e. The fourth-order valence-electron chi connectivity index (χ4n) is 2.55. The number of carbonyl (C=O) groups is 2. The molecule has 0 fully saturated rings. The van der Waals surface area contributed by atoms with Crippen molar-refractivity contribution in [2.45, 2.75) is 13.3 Å². The number of amides is 1. The van der Waals surface area contributed by atoms with E-state index in [1.807, 2.05) is 24.4 Å². The van der Waals surface area contributed by atoms with Gasteiger partial charge in [0.05, 0.1) is 33.0 Å². The number of nitrogens with one attached hydrogen (secondary N) is 1. The van der Waals surface area contributed by atoms with Crippen LogP contribution in [0, 0.1) is 0 Å². The van der Waals surface area contributed by atoms with E-state index >= 15 is 0 Å². The molecule has 0 aliphatic rings. The lowest BCUT2D eigenvalue weighted by Gasteiger charge is -2.18. The summed E-state index contributed by atoms with van der Waals surface area (Å²) >= 11 is 1.29. The van der Waals surface area contributed by atoms with Gasteiger partial charge in [0.1, 0.15) is 11.5 Å². The first-order valence-corrected chi connectivity index (χ1v) is 9.26. The number of nitrogens with zero attached hydrogens (tertiary/aromatic N) is 2. The average Bonchev–Trinajstić information content (AvgIpc) is 3.08. The van der Waals surface area contributed by atoms with E-state index in [4.69, 9.17) is 14.6 Å². The number of carboxylic acids is 1. The van der Waals surface area contributed by atoms with E-state index in [1.165, 1.54) is 11.3 Å². The minimum Gasteiger partial charge on any atom is -0.497 e. The number of benzene rings is 1. The normalized spacial score (nSPS) is 10.7. The molecule has 2 aromatic rings. The third kappa shape index (κ3) is 5.93. The molecule has 1 heterocycles. The Morgan fingerprint density at radius 1 is 1.26 bits per heavy atom. The summed E-state index contributed by atoms with van der Waals surface area (Å²) in [5, 5.41) is 13.9. The van der Waals surface area contributed by atoms with Gasteiger partial charge in [0.15, 0.2) is 5.13 Å². The molecule has 0 saturated heterocycles. The lowest BCUT2D eigenvalue weighted by Crippen LogP contribution is -2.37. The highest BCUT2D eigenvalue weighted by atomic mass is 32.1. The molecule has 8 nitrogen and oxygen atoms in total. The fraction of sp³-hybridized carbons (Fsp3) is 0.389. The van der Waals surface area contributed by atoms with Crippen molar-refractivity contribution >= 4 is 28.3 Å².